The van der Waals surface area contributed by atoms with Gasteiger partial charge < -0.3 is 5.32 Å². The second-order valence-electron chi connectivity index (χ2n) is 6.06. The van der Waals surface area contributed by atoms with Gasteiger partial charge in [-0.1, -0.05) is 60.2 Å². The second kappa shape index (κ2) is 10.5. The first-order chi connectivity index (χ1) is 11.5. The van der Waals surface area contributed by atoms with E-state index in [2.05, 4.69) is 88.1 Å². The van der Waals surface area contributed by atoms with E-state index in [0.29, 0.717) is 0 Å². The van der Waals surface area contributed by atoms with Crippen LogP contribution in [0, 0.1) is 20.8 Å². The highest BCUT2D eigenvalue weighted by Gasteiger charge is 2.06. The molecule has 0 spiro atoms. The van der Waals surface area contributed by atoms with Gasteiger partial charge in [0.1, 0.15) is 0 Å². The number of nitrogens with one attached hydrogen (secondary N) is 1. The maximum atomic E-state index is 3.62. The third kappa shape index (κ3) is 6.08. The van der Waals surface area contributed by atoms with Crippen LogP contribution in [0.25, 0.3) is 6.08 Å². The van der Waals surface area contributed by atoms with E-state index < -0.39 is 0 Å². The van der Waals surface area contributed by atoms with Crippen molar-refractivity contribution in [3.05, 3.63) is 82.9 Å². The zero-order chi connectivity index (χ0) is 17.9. The molecule has 0 saturated heterocycles. The fourth-order valence-electron chi connectivity index (χ4n) is 2.54. The summed E-state index contributed by atoms with van der Waals surface area (Å²) in [6.07, 6.45) is 7.09. The minimum absolute atomic E-state index is 0.956. The minimum atomic E-state index is 0.956. The molecule has 0 aromatic heterocycles. The molecule has 2 aromatic rings. The molecule has 0 saturated carbocycles. The lowest BCUT2D eigenvalue weighted by atomic mass is 10.0. The van der Waals surface area contributed by atoms with Crippen molar-refractivity contribution in [1.82, 2.24) is 0 Å². The van der Waals surface area contributed by atoms with Crippen LogP contribution < -0.4 is 5.32 Å². The van der Waals surface area contributed by atoms with Gasteiger partial charge in [0, 0.05) is 17.8 Å². The lowest BCUT2D eigenvalue weighted by molar-refractivity contribution is 1.01. The lowest BCUT2D eigenvalue weighted by Crippen LogP contribution is -2.08. The van der Waals surface area contributed by atoms with Crippen molar-refractivity contribution >= 4 is 11.8 Å². The van der Waals surface area contributed by atoms with E-state index in [4.69, 9.17) is 0 Å². The van der Waals surface area contributed by atoms with Crippen molar-refractivity contribution in [2.75, 3.05) is 11.9 Å². The van der Waals surface area contributed by atoms with Crippen molar-refractivity contribution in [3.8, 4) is 0 Å². The van der Waals surface area contributed by atoms with E-state index in [9.17, 15) is 0 Å². The van der Waals surface area contributed by atoms with Crippen LogP contribution in [-0.2, 0) is 6.42 Å². The minimum Gasteiger partial charge on any atom is -0.384 e. The number of hydrogen-bond donors (Lipinski definition) is 1. The molecule has 0 fully saturated rings. The second-order valence-corrected chi connectivity index (χ2v) is 6.06. The Kier molecular flexibility index (Phi) is 8.64. The van der Waals surface area contributed by atoms with Crippen molar-refractivity contribution < 1.29 is 0 Å². The molecule has 1 N–H and O–H groups in total. The molecule has 2 aromatic carbocycles. The molecule has 0 bridgehead atoms. The maximum absolute atomic E-state index is 3.62. The SMILES string of the molecule is C/C=C\c1c(C)ccc(C)c1NCCc1ccc(C)cc1.C=CC. The highest BCUT2D eigenvalue weighted by molar-refractivity contribution is 5.72. The van der Waals surface area contributed by atoms with Gasteiger partial charge in [-0.05, 0) is 57.7 Å². The third-order valence-electron chi connectivity index (χ3n) is 3.84. The first-order valence-corrected chi connectivity index (χ1v) is 8.62. The summed E-state index contributed by atoms with van der Waals surface area (Å²) in [5, 5.41) is 3.62. The zero-order valence-electron chi connectivity index (χ0n) is 15.8. The lowest BCUT2D eigenvalue weighted by Gasteiger charge is -2.15. The number of aryl methyl sites for hydroxylation is 3. The molecule has 2 rings (SSSR count). The van der Waals surface area contributed by atoms with Gasteiger partial charge in [-0.25, -0.2) is 0 Å². The Labute approximate surface area is 148 Å². The number of rotatable bonds is 5. The van der Waals surface area contributed by atoms with Crippen molar-refractivity contribution in [2.45, 2.75) is 41.0 Å². The quantitative estimate of drug-likeness (QED) is 0.620. The number of hydrogen-bond acceptors (Lipinski definition) is 1. The molecule has 0 atom stereocenters. The largest absolute Gasteiger partial charge is 0.384 e. The van der Waals surface area contributed by atoms with Gasteiger partial charge in [-0.3, -0.25) is 0 Å². The molecule has 0 unspecified atom stereocenters. The summed E-state index contributed by atoms with van der Waals surface area (Å²) in [6, 6.07) is 13.2. The van der Waals surface area contributed by atoms with E-state index in [0.717, 1.165) is 13.0 Å². The van der Waals surface area contributed by atoms with Crippen LogP contribution in [0.4, 0.5) is 5.69 Å². The molecule has 1 heteroatoms. The molecule has 128 valence electrons. The number of allylic oxidation sites excluding steroid dienone is 2. The van der Waals surface area contributed by atoms with Crippen LogP contribution in [0.3, 0.4) is 0 Å². The Balaban J connectivity index is 0.000000891. The summed E-state index contributed by atoms with van der Waals surface area (Å²) in [5.41, 5.74) is 7.89. The Morgan fingerprint density at radius 1 is 0.917 bits per heavy atom. The van der Waals surface area contributed by atoms with Gasteiger partial charge in [-0.2, -0.15) is 0 Å². The molecule has 0 aliphatic rings. The van der Waals surface area contributed by atoms with E-state index >= 15 is 0 Å². The van der Waals surface area contributed by atoms with Crippen molar-refractivity contribution in [1.29, 1.82) is 0 Å². The molecule has 0 radical (unpaired) electrons. The summed E-state index contributed by atoms with van der Waals surface area (Å²) in [5.74, 6) is 0. The summed E-state index contributed by atoms with van der Waals surface area (Å²) >= 11 is 0. The van der Waals surface area contributed by atoms with Gasteiger partial charge >= 0.3 is 0 Å². The van der Waals surface area contributed by atoms with E-state index in [1.54, 1.807) is 6.08 Å². The molecule has 0 heterocycles. The van der Waals surface area contributed by atoms with Crippen LogP contribution in [0.2, 0.25) is 0 Å². The normalized spacial score (nSPS) is 10.2. The molecular weight excluding hydrogens is 290 g/mol. The predicted octanol–water partition coefficient (Wildman–Crippen LogP) is 6.49. The van der Waals surface area contributed by atoms with E-state index in [1.165, 1.54) is 33.5 Å². The third-order valence-corrected chi connectivity index (χ3v) is 3.84. The Morgan fingerprint density at radius 3 is 2.08 bits per heavy atom. The standard InChI is InChI=1S/C20H25N.C3H6/c1-5-6-19-16(3)9-10-17(4)20(19)21-14-13-18-11-7-15(2)8-12-18;1-3-2/h5-12,21H,13-14H2,1-4H3;3H,1H2,2H3/b6-5-;. The van der Waals surface area contributed by atoms with E-state index in [-0.39, 0.29) is 0 Å². The molecule has 0 aliphatic carbocycles. The number of anilines is 1. The topological polar surface area (TPSA) is 12.0 Å². The van der Waals surface area contributed by atoms with Crippen LogP contribution in [0.1, 0.15) is 41.7 Å². The Bertz CT molecular complexity index is 663. The van der Waals surface area contributed by atoms with Gasteiger partial charge in [0.15, 0.2) is 0 Å². The molecular formula is C23H31N. The fourth-order valence-corrected chi connectivity index (χ4v) is 2.54. The zero-order valence-corrected chi connectivity index (χ0v) is 15.8. The van der Waals surface area contributed by atoms with Gasteiger partial charge in [0.25, 0.3) is 0 Å². The Morgan fingerprint density at radius 2 is 1.50 bits per heavy atom. The highest BCUT2D eigenvalue weighted by atomic mass is 14.9. The average Bonchev–Trinajstić information content (AvgIpc) is 2.56. The van der Waals surface area contributed by atoms with Crippen molar-refractivity contribution in [3.63, 3.8) is 0 Å². The fraction of sp³-hybridized carbons (Fsp3) is 0.304. The summed E-state index contributed by atoms with van der Waals surface area (Å²) in [7, 11) is 0. The van der Waals surface area contributed by atoms with Crippen molar-refractivity contribution in [2.24, 2.45) is 0 Å². The van der Waals surface area contributed by atoms with Crippen LogP contribution in [-0.4, -0.2) is 6.54 Å². The molecule has 0 amide bonds. The smallest absolute Gasteiger partial charge is 0.0446 e. The molecule has 1 nitrogen and oxygen atoms in total. The predicted molar refractivity (Wildman–Crippen MR) is 110 cm³/mol. The van der Waals surface area contributed by atoms with Gasteiger partial charge in [0.2, 0.25) is 0 Å². The average molecular weight is 322 g/mol. The van der Waals surface area contributed by atoms with Crippen LogP contribution >= 0.6 is 0 Å². The first-order valence-electron chi connectivity index (χ1n) is 8.62. The van der Waals surface area contributed by atoms with Gasteiger partial charge in [0.05, 0.1) is 0 Å². The summed E-state index contributed by atoms with van der Waals surface area (Å²) in [4.78, 5) is 0. The Hall–Kier alpha value is -2.28. The number of benzene rings is 2. The first kappa shape index (κ1) is 19.8. The maximum Gasteiger partial charge on any atom is 0.0446 e. The van der Waals surface area contributed by atoms with E-state index in [1.807, 2.05) is 6.92 Å². The highest BCUT2D eigenvalue weighted by Crippen LogP contribution is 2.25. The summed E-state index contributed by atoms with van der Waals surface area (Å²) in [6.45, 7) is 14.7. The van der Waals surface area contributed by atoms with Crippen LogP contribution in [0.15, 0.2) is 55.1 Å². The monoisotopic (exact) mass is 321 g/mol. The van der Waals surface area contributed by atoms with Gasteiger partial charge in [-0.15, -0.1) is 6.58 Å². The summed E-state index contributed by atoms with van der Waals surface area (Å²) < 4.78 is 0. The van der Waals surface area contributed by atoms with Crippen LogP contribution in [0.5, 0.6) is 0 Å². The molecule has 24 heavy (non-hydrogen) atoms. The molecule has 0 aliphatic heterocycles.